The average Bonchev–Trinajstić information content (AvgIpc) is 3.62. The molecule has 42 heavy (non-hydrogen) atoms. The Balaban J connectivity index is 1.33. The predicted molar refractivity (Wildman–Crippen MR) is 148 cm³/mol. The topological polar surface area (TPSA) is 99.5 Å². The normalized spacial score (nSPS) is 13.0. The summed E-state index contributed by atoms with van der Waals surface area (Å²) in [5.74, 6) is 0.0785. The van der Waals surface area contributed by atoms with Crippen molar-refractivity contribution in [3.63, 3.8) is 0 Å². The van der Waals surface area contributed by atoms with Gasteiger partial charge in [-0.2, -0.15) is 13.2 Å². The quantitative estimate of drug-likeness (QED) is 0.149. The predicted octanol–water partition coefficient (Wildman–Crippen LogP) is 6.44. The van der Waals surface area contributed by atoms with Crippen molar-refractivity contribution >= 4 is 16.9 Å². The Bertz CT molecular complexity index is 1720. The fraction of sp³-hybridized carbons (Fsp3) is 0.233. The van der Waals surface area contributed by atoms with Crippen LogP contribution in [0.5, 0.6) is 0 Å². The van der Waals surface area contributed by atoms with Gasteiger partial charge in [0.15, 0.2) is 11.6 Å². The van der Waals surface area contributed by atoms with E-state index in [2.05, 4.69) is 26.1 Å². The molecule has 5 rings (SSSR count). The Morgan fingerprint density at radius 2 is 1.83 bits per heavy atom. The van der Waals surface area contributed by atoms with Gasteiger partial charge in [0.2, 0.25) is 0 Å². The fourth-order valence-corrected chi connectivity index (χ4v) is 5.06. The van der Waals surface area contributed by atoms with E-state index in [1.54, 1.807) is 6.08 Å². The van der Waals surface area contributed by atoms with Crippen molar-refractivity contribution in [3.05, 3.63) is 122 Å². The maximum Gasteiger partial charge on any atom is 0.439 e. The van der Waals surface area contributed by atoms with Crippen LogP contribution < -0.4 is 5.76 Å². The van der Waals surface area contributed by atoms with E-state index < -0.39 is 17.5 Å². The van der Waals surface area contributed by atoms with Crippen LogP contribution in [-0.2, 0) is 40.0 Å². The van der Waals surface area contributed by atoms with E-state index in [0.717, 1.165) is 28.3 Å². The van der Waals surface area contributed by atoms with E-state index in [4.69, 9.17) is 19.2 Å². The smallest absolute Gasteiger partial charge is 0.439 e. The Morgan fingerprint density at radius 3 is 2.52 bits per heavy atom. The minimum absolute atomic E-state index is 0.131. The van der Waals surface area contributed by atoms with Crippen LogP contribution in [0.25, 0.3) is 16.1 Å². The maximum absolute atomic E-state index is 13.1. The third kappa shape index (κ3) is 7.18. The molecular formula is C30H24F3N3O5S. The van der Waals surface area contributed by atoms with Crippen LogP contribution in [0, 0.1) is 0 Å². The fourth-order valence-electron chi connectivity index (χ4n) is 4.03. The number of hydrogen-bond acceptors (Lipinski definition) is 8. The number of methoxy groups -OCH3 is 1. The standard InChI is InChI=1S/C30H24F3N3O5S/c1-38-25-16-22(13-14-23(25)27-35-29(37)41-36-27)40-18-26-24(8-5-15-39-17-19-6-3-2-4-7-19)34-28(42-26)20-9-11-21(12-10-20)30(31,32)33/h2-4,6-7,9-12,16H,5,8,15,17-18H2,1H3,(H,35,36,37). The molecule has 1 N–H and O–H groups in total. The highest BCUT2D eigenvalue weighted by Crippen LogP contribution is 2.34. The SMILES string of the molecule is COC1=CC(OCc2sc(-c3ccc(C(F)(F)F)cc3)nc2CCCOCc2ccccc2)=C=C=C1c1noc(=O)[nH]1. The Morgan fingerprint density at radius 1 is 1.05 bits per heavy atom. The zero-order valence-electron chi connectivity index (χ0n) is 22.3. The summed E-state index contributed by atoms with van der Waals surface area (Å²) in [7, 11) is 1.45. The van der Waals surface area contributed by atoms with Gasteiger partial charge in [0.1, 0.15) is 22.9 Å². The summed E-state index contributed by atoms with van der Waals surface area (Å²) in [6.07, 6.45) is -1.57. The van der Waals surface area contributed by atoms with Gasteiger partial charge in [-0.1, -0.05) is 53.4 Å². The van der Waals surface area contributed by atoms with Gasteiger partial charge in [-0.3, -0.25) is 9.51 Å². The molecule has 0 fully saturated rings. The molecule has 2 aromatic heterocycles. The molecule has 0 aliphatic heterocycles. The van der Waals surface area contributed by atoms with Crippen LogP contribution in [0.3, 0.4) is 0 Å². The van der Waals surface area contributed by atoms with Crippen LogP contribution >= 0.6 is 11.3 Å². The third-order valence-electron chi connectivity index (χ3n) is 6.13. The number of benzene rings is 2. The van der Waals surface area contributed by atoms with Gasteiger partial charge < -0.3 is 14.2 Å². The molecule has 0 unspecified atom stereocenters. The molecule has 0 bridgehead atoms. The molecule has 0 radical (unpaired) electrons. The highest BCUT2D eigenvalue weighted by Gasteiger charge is 2.30. The summed E-state index contributed by atoms with van der Waals surface area (Å²) in [4.78, 5) is 19.3. The molecule has 2 heterocycles. The van der Waals surface area contributed by atoms with Gasteiger partial charge in [0.05, 0.1) is 29.9 Å². The highest BCUT2D eigenvalue weighted by molar-refractivity contribution is 7.15. The number of H-pyrrole nitrogens is 1. The Hall–Kier alpha value is -4.60. The molecule has 216 valence electrons. The number of hydrogen-bond donors (Lipinski definition) is 1. The number of thiazole rings is 1. The summed E-state index contributed by atoms with van der Waals surface area (Å²) in [5, 5.41) is 4.23. The van der Waals surface area contributed by atoms with Crippen molar-refractivity contribution in [3.8, 4) is 10.6 Å². The van der Waals surface area contributed by atoms with E-state index in [9.17, 15) is 18.0 Å². The first-order chi connectivity index (χ1) is 20.3. The second kappa shape index (κ2) is 12.9. The number of nitrogens with one attached hydrogen (secondary N) is 1. The lowest BCUT2D eigenvalue weighted by Crippen LogP contribution is -2.04. The van der Waals surface area contributed by atoms with Crippen molar-refractivity contribution in [2.24, 2.45) is 0 Å². The molecule has 2 aromatic carbocycles. The minimum Gasteiger partial charge on any atom is -0.495 e. The van der Waals surface area contributed by atoms with Crippen molar-refractivity contribution in [1.29, 1.82) is 0 Å². The van der Waals surface area contributed by atoms with E-state index >= 15 is 0 Å². The molecule has 8 nitrogen and oxygen atoms in total. The third-order valence-corrected chi connectivity index (χ3v) is 7.25. The molecule has 4 aromatic rings. The number of halogens is 3. The van der Waals surface area contributed by atoms with E-state index in [1.807, 2.05) is 30.3 Å². The molecule has 12 heteroatoms. The summed E-state index contributed by atoms with van der Waals surface area (Å²) >= 11 is 1.34. The zero-order valence-corrected chi connectivity index (χ0v) is 23.1. The second-order valence-electron chi connectivity index (χ2n) is 9.04. The first kappa shape index (κ1) is 28.9. The van der Waals surface area contributed by atoms with Gasteiger partial charge in [0, 0.05) is 18.2 Å². The molecule has 0 saturated heterocycles. The number of aromatic amines is 1. The zero-order chi connectivity index (χ0) is 29.5. The molecule has 0 saturated carbocycles. The van der Waals surface area contributed by atoms with Crippen LogP contribution in [0.15, 0.2) is 93.0 Å². The van der Waals surface area contributed by atoms with Gasteiger partial charge >= 0.3 is 11.9 Å². The first-order valence-electron chi connectivity index (χ1n) is 12.8. The van der Waals surface area contributed by atoms with E-state index in [0.29, 0.717) is 53.7 Å². The van der Waals surface area contributed by atoms with Gasteiger partial charge in [-0.05, 0) is 36.3 Å². The summed E-state index contributed by atoms with van der Waals surface area (Å²) < 4.78 is 60.9. The summed E-state index contributed by atoms with van der Waals surface area (Å²) in [5.41, 5.74) is 7.77. The second-order valence-corrected chi connectivity index (χ2v) is 10.1. The number of alkyl halides is 3. The Kier molecular flexibility index (Phi) is 8.90. The number of nitrogens with zero attached hydrogens (tertiary/aromatic N) is 2. The molecular weight excluding hydrogens is 571 g/mol. The lowest BCUT2D eigenvalue weighted by Gasteiger charge is -2.11. The molecule has 0 spiro atoms. The molecule has 0 atom stereocenters. The number of allylic oxidation sites excluding steroid dienone is 2. The minimum atomic E-state index is -4.42. The largest absolute Gasteiger partial charge is 0.495 e. The lowest BCUT2D eigenvalue weighted by atomic mass is 10.1. The van der Waals surface area contributed by atoms with Crippen molar-refractivity contribution in [1.82, 2.24) is 15.1 Å². The van der Waals surface area contributed by atoms with Crippen LogP contribution in [-0.4, -0.2) is 28.8 Å². The lowest BCUT2D eigenvalue weighted by molar-refractivity contribution is -0.137. The number of rotatable bonds is 12. The van der Waals surface area contributed by atoms with Gasteiger partial charge in [-0.25, -0.2) is 9.78 Å². The number of aromatic nitrogens is 3. The van der Waals surface area contributed by atoms with Crippen molar-refractivity contribution in [2.45, 2.75) is 32.2 Å². The maximum atomic E-state index is 13.1. The van der Waals surface area contributed by atoms with Crippen molar-refractivity contribution in [2.75, 3.05) is 13.7 Å². The van der Waals surface area contributed by atoms with Crippen LogP contribution in [0.4, 0.5) is 13.2 Å². The van der Waals surface area contributed by atoms with E-state index in [1.165, 1.54) is 30.6 Å². The van der Waals surface area contributed by atoms with Crippen LogP contribution in [0.2, 0.25) is 0 Å². The first-order valence-corrected chi connectivity index (χ1v) is 13.6. The highest BCUT2D eigenvalue weighted by atomic mass is 32.1. The monoisotopic (exact) mass is 595 g/mol. The number of ether oxygens (including phenoxy) is 3. The van der Waals surface area contributed by atoms with E-state index in [-0.39, 0.29) is 12.4 Å². The molecule has 1 aliphatic carbocycles. The van der Waals surface area contributed by atoms with Crippen molar-refractivity contribution < 1.29 is 31.9 Å². The number of aryl methyl sites for hydroxylation is 1. The van der Waals surface area contributed by atoms with Gasteiger partial charge in [-0.15, -0.1) is 11.3 Å². The molecule has 1 aliphatic rings. The van der Waals surface area contributed by atoms with Crippen LogP contribution in [0.1, 0.15) is 33.9 Å². The van der Waals surface area contributed by atoms with Gasteiger partial charge in [0.25, 0.3) is 0 Å². The summed E-state index contributed by atoms with van der Waals surface area (Å²) in [6.45, 7) is 1.14. The Labute approximate surface area is 242 Å². The summed E-state index contributed by atoms with van der Waals surface area (Å²) in [6, 6.07) is 14.8. The average molecular weight is 596 g/mol. The molecule has 0 amide bonds.